The van der Waals surface area contributed by atoms with E-state index in [0.717, 1.165) is 17.4 Å². The van der Waals surface area contributed by atoms with Gasteiger partial charge in [0.2, 0.25) is 5.91 Å². The fraction of sp³-hybridized carbons (Fsp3) is 0.357. The summed E-state index contributed by atoms with van der Waals surface area (Å²) in [6.45, 7) is 1.90. The molecule has 6 nitrogen and oxygen atoms in total. The van der Waals surface area contributed by atoms with Crippen molar-refractivity contribution in [2.24, 2.45) is 12.8 Å². The van der Waals surface area contributed by atoms with Gasteiger partial charge in [-0.05, 0) is 25.0 Å². The molecular formula is C14H17N3O3. The molecule has 0 saturated carbocycles. The van der Waals surface area contributed by atoms with Crippen molar-refractivity contribution >= 4 is 23.2 Å². The molecule has 106 valence electrons. The Bertz CT molecular complexity index is 727. The molecule has 1 amide bonds. The van der Waals surface area contributed by atoms with Crippen LogP contribution in [0.25, 0.3) is 11.0 Å². The number of rotatable bonds is 5. The number of hydrogen-bond acceptors (Lipinski definition) is 3. The minimum atomic E-state index is -0.807. The van der Waals surface area contributed by atoms with Gasteiger partial charge < -0.3 is 10.5 Å². The lowest BCUT2D eigenvalue weighted by Gasteiger charge is -2.13. The van der Waals surface area contributed by atoms with Crippen molar-refractivity contribution in [3.05, 3.63) is 34.2 Å². The summed E-state index contributed by atoms with van der Waals surface area (Å²) in [5.74, 6) is -0.608. The first-order chi connectivity index (χ1) is 9.49. The number of fused-ring (bicyclic) bond motifs is 1. The van der Waals surface area contributed by atoms with E-state index >= 15 is 0 Å². The summed E-state index contributed by atoms with van der Waals surface area (Å²) in [5, 5.41) is 0. The summed E-state index contributed by atoms with van der Waals surface area (Å²) in [7, 11) is 1.66. The first-order valence-electron chi connectivity index (χ1n) is 6.38. The summed E-state index contributed by atoms with van der Waals surface area (Å²) < 4.78 is 2.88. The number of primary amides is 1. The normalized spacial score (nSPS) is 12.5. The summed E-state index contributed by atoms with van der Waals surface area (Å²) in [5.41, 5.74) is 7.47. The van der Waals surface area contributed by atoms with Gasteiger partial charge >= 0.3 is 5.69 Å². The number of nitrogens with zero attached hydrogens (tertiary/aromatic N) is 2. The van der Waals surface area contributed by atoms with Crippen LogP contribution < -0.4 is 11.4 Å². The van der Waals surface area contributed by atoms with Gasteiger partial charge in [0.15, 0.2) is 0 Å². The molecule has 1 aromatic heterocycles. The number of hydrogen-bond donors (Lipinski definition) is 1. The minimum Gasteiger partial charge on any atom is -0.368 e. The van der Waals surface area contributed by atoms with Crippen LogP contribution in [0.5, 0.6) is 0 Å². The second-order valence-electron chi connectivity index (χ2n) is 4.82. The van der Waals surface area contributed by atoms with Crippen molar-refractivity contribution in [3.8, 4) is 0 Å². The predicted molar refractivity (Wildman–Crippen MR) is 75.4 cm³/mol. The van der Waals surface area contributed by atoms with E-state index in [2.05, 4.69) is 0 Å². The number of aldehydes is 1. The summed E-state index contributed by atoms with van der Waals surface area (Å²) >= 11 is 0. The number of aryl methyl sites for hydroxylation is 2. The maximum absolute atomic E-state index is 12.4. The third-order valence-corrected chi connectivity index (χ3v) is 3.50. The summed E-state index contributed by atoms with van der Waals surface area (Å²) in [6, 6.07) is 4.70. The molecule has 0 saturated heterocycles. The van der Waals surface area contributed by atoms with E-state index in [1.54, 1.807) is 13.1 Å². The standard InChI is InChI=1S/C14H17N3O3/c1-9-5-3-6-10-12(9)16(2)14(20)17(10)11(13(15)19)7-4-8-18/h3,5-6,8,11H,4,7H2,1-2H3,(H2,15,19). The van der Waals surface area contributed by atoms with Gasteiger partial charge in [-0.3, -0.25) is 13.9 Å². The van der Waals surface area contributed by atoms with E-state index in [1.165, 1.54) is 9.13 Å². The highest BCUT2D eigenvalue weighted by molar-refractivity contribution is 5.84. The smallest absolute Gasteiger partial charge is 0.329 e. The summed E-state index contributed by atoms with van der Waals surface area (Å²) in [4.78, 5) is 34.5. The molecule has 1 atom stereocenters. The monoisotopic (exact) mass is 275 g/mol. The third kappa shape index (κ3) is 2.13. The average molecular weight is 275 g/mol. The molecule has 20 heavy (non-hydrogen) atoms. The highest BCUT2D eigenvalue weighted by Crippen LogP contribution is 2.22. The van der Waals surface area contributed by atoms with Gasteiger partial charge in [0.25, 0.3) is 0 Å². The molecule has 1 aromatic carbocycles. The third-order valence-electron chi connectivity index (χ3n) is 3.50. The second-order valence-corrected chi connectivity index (χ2v) is 4.82. The van der Waals surface area contributed by atoms with Crippen molar-refractivity contribution < 1.29 is 9.59 Å². The van der Waals surface area contributed by atoms with Crippen LogP contribution in [0.4, 0.5) is 0 Å². The number of carbonyl (C=O) groups excluding carboxylic acids is 2. The lowest BCUT2D eigenvalue weighted by Crippen LogP contribution is -2.34. The molecule has 1 unspecified atom stereocenters. The number of aromatic nitrogens is 2. The molecule has 2 aromatic rings. The van der Waals surface area contributed by atoms with Crippen molar-refractivity contribution in [2.75, 3.05) is 0 Å². The second kappa shape index (κ2) is 5.32. The molecule has 0 aliphatic carbocycles. The Kier molecular flexibility index (Phi) is 3.74. The van der Waals surface area contributed by atoms with Crippen LogP contribution >= 0.6 is 0 Å². The van der Waals surface area contributed by atoms with Gasteiger partial charge in [0.05, 0.1) is 11.0 Å². The number of amides is 1. The molecular weight excluding hydrogens is 258 g/mol. The number of para-hydroxylation sites is 1. The van der Waals surface area contributed by atoms with E-state index in [9.17, 15) is 14.4 Å². The first-order valence-corrected chi connectivity index (χ1v) is 6.38. The topological polar surface area (TPSA) is 87.1 Å². The fourth-order valence-electron chi connectivity index (χ4n) is 2.56. The van der Waals surface area contributed by atoms with Crippen molar-refractivity contribution in [3.63, 3.8) is 0 Å². The zero-order valence-electron chi connectivity index (χ0n) is 11.5. The first kappa shape index (κ1) is 14.0. The zero-order chi connectivity index (χ0) is 14.9. The Morgan fingerprint density at radius 2 is 2.15 bits per heavy atom. The Balaban J connectivity index is 2.72. The van der Waals surface area contributed by atoms with E-state index in [-0.39, 0.29) is 18.5 Å². The van der Waals surface area contributed by atoms with E-state index in [1.807, 2.05) is 19.1 Å². The van der Waals surface area contributed by atoms with Crippen LogP contribution in [0.2, 0.25) is 0 Å². The van der Waals surface area contributed by atoms with Crippen LogP contribution in [-0.2, 0) is 16.6 Å². The molecule has 0 aliphatic rings. The molecule has 0 spiro atoms. The molecule has 6 heteroatoms. The van der Waals surface area contributed by atoms with Crippen molar-refractivity contribution in [2.45, 2.75) is 25.8 Å². The van der Waals surface area contributed by atoms with Gasteiger partial charge in [-0.15, -0.1) is 0 Å². The molecule has 0 fully saturated rings. The van der Waals surface area contributed by atoms with E-state index in [4.69, 9.17) is 5.73 Å². The zero-order valence-corrected chi connectivity index (χ0v) is 11.5. The lowest BCUT2D eigenvalue weighted by atomic mass is 10.1. The van der Waals surface area contributed by atoms with Crippen molar-refractivity contribution in [1.29, 1.82) is 0 Å². The predicted octanol–water partition coefficient (Wildman–Crippen LogP) is 0.654. The van der Waals surface area contributed by atoms with Crippen LogP contribution in [0, 0.1) is 6.92 Å². The van der Waals surface area contributed by atoms with E-state index < -0.39 is 11.9 Å². The summed E-state index contributed by atoms with van der Waals surface area (Å²) in [6.07, 6.45) is 1.13. The van der Waals surface area contributed by atoms with Crippen LogP contribution in [-0.4, -0.2) is 21.3 Å². The average Bonchev–Trinajstić information content (AvgIpc) is 2.65. The molecule has 2 rings (SSSR count). The fourth-order valence-corrected chi connectivity index (χ4v) is 2.56. The maximum Gasteiger partial charge on any atom is 0.329 e. The number of benzene rings is 1. The SMILES string of the molecule is Cc1cccc2c1n(C)c(=O)n2C(CCC=O)C(N)=O. The molecule has 2 N–H and O–H groups in total. The quantitative estimate of drug-likeness (QED) is 0.813. The maximum atomic E-state index is 12.4. The molecule has 1 heterocycles. The number of nitrogens with two attached hydrogens (primary N) is 1. The Hall–Kier alpha value is -2.37. The van der Waals surface area contributed by atoms with Gasteiger partial charge in [0, 0.05) is 13.5 Å². The van der Waals surface area contributed by atoms with Gasteiger partial charge in [-0.2, -0.15) is 0 Å². The lowest BCUT2D eigenvalue weighted by molar-refractivity contribution is -0.121. The number of imidazole rings is 1. The highest BCUT2D eigenvalue weighted by atomic mass is 16.2. The Morgan fingerprint density at radius 1 is 1.45 bits per heavy atom. The molecule has 0 aliphatic heterocycles. The largest absolute Gasteiger partial charge is 0.368 e. The van der Waals surface area contributed by atoms with Gasteiger partial charge in [-0.25, -0.2) is 4.79 Å². The highest BCUT2D eigenvalue weighted by Gasteiger charge is 2.23. The van der Waals surface area contributed by atoms with Crippen LogP contribution in [0.3, 0.4) is 0 Å². The molecule has 0 bridgehead atoms. The number of carbonyl (C=O) groups is 2. The van der Waals surface area contributed by atoms with Gasteiger partial charge in [0.1, 0.15) is 12.3 Å². The molecule has 0 radical (unpaired) electrons. The van der Waals surface area contributed by atoms with Crippen LogP contribution in [0.1, 0.15) is 24.4 Å². The minimum absolute atomic E-state index is 0.183. The van der Waals surface area contributed by atoms with Gasteiger partial charge in [-0.1, -0.05) is 12.1 Å². The van der Waals surface area contributed by atoms with Crippen molar-refractivity contribution in [1.82, 2.24) is 9.13 Å². The van der Waals surface area contributed by atoms with Crippen LogP contribution in [0.15, 0.2) is 23.0 Å². The Morgan fingerprint density at radius 3 is 2.75 bits per heavy atom. The van der Waals surface area contributed by atoms with E-state index in [0.29, 0.717) is 5.52 Å². The Labute approximate surface area is 115 Å².